The molecule has 0 saturated heterocycles. The van der Waals surface area contributed by atoms with E-state index in [4.69, 9.17) is 28.3 Å². The molecule has 0 radical (unpaired) electrons. The van der Waals surface area contributed by atoms with Crippen molar-refractivity contribution in [2.45, 2.75) is 4.90 Å². The number of aromatic carboxylic acids is 1. The Hall–Kier alpha value is -0.800. The Balaban J connectivity index is 2.45. The van der Waals surface area contributed by atoms with E-state index in [1.165, 1.54) is 23.6 Å². The standard InChI is InChI=1S/C11H6BrCl2NO4S2/c12-5-1-2-6(9(14)8(5)13)15-21(18,19)7-3-4-20-10(7)11(16)17/h1-4,15H,(H,16,17). The van der Waals surface area contributed by atoms with Gasteiger partial charge in [0.25, 0.3) is 10.0 Å². The average Bonchev–Trinajstić information content (AvgIpc) is 2.90. The van der Waals surface area contributed by atoms with Gasteiger partial charge in [-0.15, -0.1) is 11.3 Å². The van der Waals surface area contributed by atoms with Crippen LogP contribution in [0.15, 0.2) is 32.9 Å². The first kappa shape index (κ1) is 16.6. The summed E-state index contributed by atoms with van der Waals surface area (Å²) in [7, 11) is -4.08. The van der Waals surface area contributed by atoms with Crippen LogP contribution in [0.25, 0.3) is 0 Å². The van der Waals surface area contributed by atoms with Crippen molar-refractivity contribution >= 4 is 72.1 Å². The van der Waals surface area contributed by atoms with Gasteiger partial charge in [-0.3, -0.25) is 4.72 Å². The maximum atomic E-state index is 12.3. The summed E-state index contributed by atoms with van der Waals surface area (Å²) >= 11 is 15.9. The molecule has 0 saturated carbocycles. The lowest BCUT2D eigenvalue weighted by molar-refractivity contribution is 0.0698. The van der Waals surface area contributed by atoms with E-state index in [0.29, 0.717) is 4.47 Å². The summed E-state index contributed by atoms with van der Waals surface area (Å²) in [6.07, 6.45) is 0. The largest absolute Gasteiger partial charge is 0.477 e. The zero-order valence-corrected chi connectivity index (χ0v) is 14.7. The van der Waals surface area contributed by atoms with Crippen LogP contribution in [0.1, 0.15) is 9.67 Å². The van der Waals surface area contributed by atoms with E-state index in [9.17, 15) is 13.2 Å². The second-order valence-electron chi connectivity index (χ2n) is 3.75. The fraction of sp³-hybridized carbons (Fsp3) is 0. The summed E-state index contributed by atoms with van der Waals surface area (Å²) in [4.78, 5) is 10.4. The Bertz CT molecular complexity index is 820. The maximum absolute atomic E-state index is 12.3. The molecule has 5 nitrogen and oxygen atoms in total. The van der Waals surface area contributed by atoms with E-state index < -0.39 is 16.0 Å². The summed E-state index contributed by atoms with van der Waals surface area (Å²) in [5.74, 6) is -1.31. The molecule has 0 atom stereocenters. The van der Waals surface area contributed by atoms with Gasteiger partial charge in [0.05, 0.1) is 15.7 Å². The van der Waals surface area contributed by atoms with Crippen molar-refractivity contribution in [2.75, 3.05) is 4.72 Å². The van der Waals surface area contributed by atoms with Crippen LogP contribution in [0.3, 0.4) is 0 Å². The van der Waals surface area contributed by atoms with Crippen LogP contribution in [-0.4, -0.2) is 19.5 Å². The van der Waals surface area contributed by atoms with Crippen molar-refractivity contribution in [1.82, 2.24) is 0 Å². The third-order valence-corrected chi connectivity index (χ3v) is 6.60. The van der Waals surface area contributed by atoms with Crippen molar-refractivity contribution in [2.24, 2.45) is 0 Å². The molecule has 0 fully saturated rings. The van der Waals surface area contributed by atoms with E-state index in [2.05, 4.69) is 20.7 Å². The number of hydrogen-bond donors (Lipinski definition) is 2. The van der Waals surface area contributed by atoms with Gasteiger partial charge in [-0.05, 0) is 39.5 Å². The van der Waals surface area contributed by atoms with Gasteiger partial charge in [0, 0.05) is 4.47 Å². The molecular weight excluding hydrogens is 425 g/mol. The fourth-order valence-corrected chi connectivity index (χ4v) is 4.68. The molecular formula is C11H6BrCl2NO4S2. The van der Waals surface area contributed by atoms with Gasteiger partial charge in [0.15, 0.2) is 0 Å². The Kier molecular flexibility index (Phi) is 4.84. The van der Waals surface area contributed by atoms with Crippen LogP contribution in [-0.2, 0) is 10.0 Å². The molecule has 0 aliphatic rings. The van der Waals surface area contributed by atoms with Crippen LogP contribution in [0.2, 0.25) is 10.0 Å². The van der Waals surface area contributed by atoms with Gasteiger partial charge in [-0.2, -0.15) is 0 Å². The molecule has 112 valence electrons. The lowest BCUT2D eigenvalue weighted by Gasteiger charge is -2.11. The Labute approximate surface area is 142 Å². The summed E-state index contributed by atoms with van der Waals surface area (Å²) in [6, 6.07) is 4.16. The van der Waals surface area contributed by atoms with E-state index >= 15 is 0 Å². The molecule has 1 aromatic carbocycles. The Morgan fingerprint density at radius 1 is 1.24 bits per heavy atom. The minimum Gasteiger partial charge on any atom is -0.477 e. The van der Waals surface area contributed by atoms with Crippen molar-refractivity contribution < 1.29 is 18.3 Å². The van der Waals surface area contributed by atoms with Gasteiger partial charge in [-0.1, -0.05) is 23.2 Å². The Morgan fingerprint density at radius 2 is 1.90 bits per heavy atom. The number of halogens is 3. The highest BCUT2D eigenvalue weighted by molar-refractivity contribution is 9.10. The normalized spacial score (nSPS) is 11.4. The molecule has 0 spiro atoms. The predicted octanol–water partition coefficient (Wildman–Crippen LogP) is 4.32. The molecule has 10 heteroatoms. The first-order valence-corrected chi connectivity index (χ1v) is 9.12. The first-order chi connectivity index (χ1) is 9.74. The van der Waals surface area contributed by atoms with Crippen molar-refractivity contribution in [3.8, 4) is 0 Å². The predicted molar refractivity (Wildman–Crippen MR) is 86.2 cm³/mol. The molecule has 2 aromatic rings. The van der Waals surface area contributed by atoms with Crippen LogP contribution >= 0.6 is 50.5 Å². The second-order valence-corrected chi connectivity index (χ2v) is 7.92. The van der Waals surface area contributed by atoms with Gasteiger partial charge in [-0.25, -0.2) is 13.2 Å². The SMILES string of the molecule is O=C(O)c1sccc1S(=O)(=O)Nc1ccc(Br)c(Cl)c1Cl. The van der Waals surface area contributed by atoms with Crippen LogP contribution in [0.5, 0.6) is 0 Å². The number of carboxylic acids is 1. The molecule has 1 heterocycles. The summed E-state index contributed by atoms with van der Waals surface area (Å²) in [6.45, 7) is 0. The Morgan fingerprint density at radius 3 is 2.52 bits per heavy atom. The zero-order valence-electron chi connectivity index (χ0n) is 9.93. The van der Waals surface area contributed by atoms with E-state index in [1.807, 2.05) is 0 Å². The maximum Gasteiger partial charge on any atom is 0.347 e. The van der Waals surface area contributed by atoms with Gasteiger partial charge >= 0.3 is 5.97 Å². The van der Waals surface area contributed by atoms with Crippen molar-refractivity contribution in [1.29, 1.82) is 0 Å². The summed E-state index contributed by atoms with van der Waals surface area (Å²) < 4.78 is 27.3. The summed E-state index contributed by atoms with van der Waals surface area (Å²) in [5.41, 5.74) is 0.0624. The van der Waals surface area contributed by atoms with E-state index in [1.54, 1.807) is 0 Å². The molecule has 0 bridgehead atoms. The van der Waals surface area contributed by atoms with Crippen LogP contribution in [0.4, 0.5) is 5.69 Å². The van der Waals surface area contributed by atoms with E-state index in [0.717, 1.165) is 11.3 Å². The van der Waals surface area contributed by atoms with Gasteiger partial charge < -0.3 is 5.11 Å². The minimum atomic E-state index is -4.08. The third-order valence-electron chi connectivity index (χ3n) is 2.39. The monoisotopic (exact) mass is 429 g/mol. The molecule has 2 N–H and O–H groups in total. The number of hydrogen-bond acceptors (Lipinski definition) is 4. The molecule has 0 aliphatic heterocycles. The average molecular weight is 431 g/mol. The number of thiophene rings is 1. The molecule has 0 unspecified atom stereocenters. The lowest BCUT2D eigenvalue weighted by Crippen LogP contribution is -2.15. The number of carbonyl (C=O) groups is 1. The molecule has 0 amide bonds. The quantitative estimate of drug-likeness (QED) is 0.707. The van der Waals surface area contributed by atoms with Crippen molar-refractivity contribution in [3.63, 3.8) is 0 Å². The second kappa shape index (κ2) is 6.13. The minimum absolute atomic E-state index is 0.0155. The van der Waals surface area contributed by atoms with E-state index in [-0.39, 0.29) is 25.5 Å². The van der Waals surface area contributed by atoms with Crippen LogP contribution < -0.4 is 4.72 Å². The number of benzene rings is 1. The topological polar surface area (TPSA) is 83.5 Å². The number of carboxylic acid groups (broad SMARTS) is 1. The highest BCUT2D eigenvalue weighted by Gasteiger charge is 2.25. The lowest BCUT2D eigenvalue weighted by atomic mass is 10.3. The molecule has 2 rings (SSSR count). The number of anilines is 1. The van der Waals surface area contributed by atoms with Crippen molar-refractivity contribution in [3.05, 3.63) is 43.0 Å². The number of rotatable bonds is 4. The molecule has 21 heavy (non-hydrogen) atoms. The van der Waals surface area contributed by atoms with Gasteiger partial charge in [0.1, 0.15) is 9.77 Å². The number of sulfonamides is 1. The highest BCUT2D eigenvalue weighted by atomic mass is 79.9. The molecule has 1 aromatic heterocycles. The third kappa shape index (κ3) is 3.35. The van der Waals surface area contributed by atoms with Crippen LogP contribution in [0, 0.1) is 0 Å². The fourth-order valence-electron chi connectivity index (χ4n) is 1.47. The highest BCUT2D eigenvalue weighted by Crippen LogP contribution is 2.37. The number of nitrogens with one attached hydrogen (secondary N) is 1. The first-order valence-electron chi connectivity index (χ1n) is 5.21. The summed E-state index contributed by atoms with van der Waals surface area (Å²) in [5, 5.41) is 10.5. The molecule has 0 aliphatic carbocycles. The van der Waals surface area contributed by atoms with Gasteiger partial charge in [0.2, 0.25) is 0 Å². The zero-order chi connectivity index (χ0) is 15.8. The smallest absolute Gasteiger partial charge is 0.347 e.